The van der Waals surface area contributed by atoms with Gasteiger partial charge in [0.1, 0.15) is 11.5 Å². The number of amides is 1. The molecule has 0 aliphatic carbocycles. The molecule has 122 valence electrons. The van der Waals surface area contributed by atoms with E-state index in [-0.39, 0.29) is 11.7 Å². The van der Waals surface area contributed by atoms with Crippen LogP contribution in [-0.2, 0) is 6.42 Å². The molecule has 0 spiro atoms. The van der Waals surface area contributed by atoms with Gasteiger partial charge >= 0.3 is 0 Å². The van der Waals surface area contributed by atoms with E-state index in [1.54, 1.807) is 17.5 Å². The maximum Gasteiger partial charge on any atom is 0.273 e. The summed E-state index contributed by atoms with van der Waals surface area (Å²) < 4.78 is 13.7. The Hall–Kier alpha value is -1.75. The molecule has 1 aromatic heterocycles. The first kappa shape index (κ1) is 16.1. The Labute approximate surface area is 140 Å². The number of aromatic nitrogens is 1. The quantitative estimate of drug-likeness (QED) is 0.846. The fourth-order valence-electron chi connectivity index (χ4n) is 2.92. The molecular weight excluding hydrogens is 311 g/mol. The number of hydrogen-bond acceptors (Lipinski definition) is 3. The van der Waals surface area contributed by atoms with Crippen LogP contribution < -0.4 is 0 Å². The maximum atomic E-state index is 13.7. The van der Waals surface area contributed by atoms with Gasteiger partial charge in [-0.1, -0.05) is 25.1 Å². The predicted octanol–water partition coefficient (Wildman–Crippen LogP) is 4.14. The van der Waals surface area contributed by atoms with E-state index in [0.29, 0.717) is 23.6 Å². The Morgan fingerprint density at radius 2 is 2.17 bits per heavy atom. The molecule has 1 amide bonds. The Bertz CT molecular complexity index is 685. The standard InChI is InChI=1S/C18H21FN2OS/c1-13-5-4-9-21(10-8-13)18(22)16-12-23-17(20-16)11-14-6-2-3-7-15(14)19/h2-3,6-7,12-13H,4-5,8-11H2,1H3. The molecule has 2 aromatic rings. The predicted molar refractivity (Wildman–Crippen MR) is 90.2 cm³/mol. The van der Waals surface area contributed by atoms with Gasteiger partial charge in [-0.15, -0.1) is 11.3 Å². The number of rotatable bonds is 3. The maximum absolute atomic E-state index is 13.7. The molecule has 1 atom stereocenters. The summed E-state index contributed by atoms with van der Waals surface area (Å²) in [5.41, 5.74) is 1.11. The monoisotopic (exact) mass is 332 g/mol. The number of thiazole rings is 1. The second-order valence-corrected chi connectivity index (χ2v) is 7.17. The van der Waals surface area contributed by atoms with Gasteiger partial charge in [0.2, 0.25) is 0 Å². The highest BCUT2D eigenvalue weighted by atomic mass is 32.1. The largest absolute Gasteiger partial charge is 0.337 e. The van der Waals surface area contributed by atoms with Crippen LogP contribution in [0.5, 0.6) is 0 Å². The van der Waals surface area contributed by atoms with Crippen LogP contribution in [0.2, 0.25) is 0 Å². The summed E-state index contributed by atoms with van der Waals surface area (Å²) in [5, 5.41) is 2.58. The molecule has 1 aromatic carbocycles. The Kier molecular flexibility index (Phi) is 5.06. The molecule has 1 saturated heterocycles. The zero-order valence-corrected chi connectivity index (χ0v) is 14.1. The molecule has 1 aliphatic rings. The highest BCUT2D eigenvalue weighted by molar-refractivity contribution is 7.09. The average Bonchev–Trinajstić information content (AvgIpc) is 2.90. The van der Waals surface area contributed by atoms with Crippen LogP contribution in [0.4, 0.5) is 4.39 Å². The first-order valence-corrected chi connectivity index (χ1v) is 8.98. The van der Waals surface area contributed by atoms with Crippen molar-refractivity contribution in [2.45, 2.75) is 32.6 Å². The first-order chi connectivity index (χ1) is 11.1. The van der Waals surface area contributed by atoms with E-state index < -0.39 is 0 Å². The topological polar surface area (TPSA) is 33.2 Å². The zero-order chi connectivity index (χ0) is 16.2. The van der Waals surface area contributed by atoms with Crippen molar-refractivity contribution in [2.75, 3.05) is 13.1 Å². The van der Waals surface area contributed by atoms with Gasteiger partial charge in [-0.3, -0.25) is 4.79 Å². The smallest absolute Gasteiger partial charge is 0.273 e. The lowest BCUT2D eigenvalue weighted by Gasteiger charge is -2.19. The number of benzene rings is 1. The molecule has 23 heavy (non-hydrogen) atoms. The summed E-state index contributed by atoms with van der Waals surface area (Å²) in [5.74, 6) is 0.465. The minimum atomic E-state index is -0.225. The molecule has 0 bridgehead atoms. The number of halogens is 1. The second kappa shape index (κ2) is 7.21. The van der Waals surface area contributed by atoms with Gasteiger partial charge in [-0.25, -0.2) is 9.37 Å². The summed E-state index contributed by atoms with van der Waals surface area (Å²) in [7, 11) is 0. The molecule has 3 rings (SSSR count). The highest BCUT2D eigenvalue weighted by Crippen LogP contribution is 2.21. The van der Waals surface area contributed by atoms with E-state index in [1.807, 2.05) is 11.0 Å². The van der Waals surface area contributed by atoms with Crippen LogP contribution in [0.15, 0.2) is 29.6 Å². The molecule has 0 radical (unpaired) electrons. The van der Waals surface area contributed by atoms with Gasteiger partial charge in [0.15, 0.2) is 0 Å². The lowest BCUT2D eigenvalue weighted by atomic mass is 10.0. The zero-order valence-electron chi connectivity index (χ0n) is 13.3. The highest BCUT2D eigenvalue weighted by Gasteiger charge is 2.21. The molecule has 5 heteroatoms. The minimum Gasteiger partial charge on any atom is -0.337 e. The molecule has 3 nitrogen and oxygen atoms in total. The van der Waals surface area contributed by atoms with Crippen molar-refractivity contribution in [3.63, 3.8) is 0 Å². The van der Waals surface area contributed by atoms with E-state index in [0.717, 1.165) is 30.9 Å². The molecule has 0 saturated carbocycles. The van der Waals surface area contributed by atoms with Crippen molar-refractivity contribution in [1.29, 1.82) is 0 Å². The van der Waals surface area contributed by atoms with Crippen LogP contribution in [0.25, 0.3) is 0 Å². The number of carbonyl (C=O) groups is 1. The molecule has 1 unspecified atom stereocenters. The van der Waals surface area contributed by atoms with Gasteiger partial charge in [0.05, 0.1) is 5.01 Å². The Balaban J connectivity index is 1.69. The third kappa shape index (κ3) is 3.96. The number of nitrogens with zero attached hydrogens (tertiary/aromatic N) is 2. The van der Waals surface area contributed by atoms with E-state index in [9.17, 15) is 9.18 Å². The van der Waals surface area contributed by atoms with Crippen LogP contribution in [0.3, 0.4) is 0 Å². The van der Waals surface area contributed by atoms with E-state index in [2.05, 4.69) is 11.9 Å². The summed E-state index contributed by atoms with van der Waals surface area (Å²) >= 11 is 1.43. The fraction of sp³-hybridized carbons (Fsp3) is 0.444. The van der Waals surface area contributed by atoms with Crippen LogP contribution in [0.1, 0.15) is 47.2 Å². The summed E-state index contributed by atoms with van der Waals surface area (Å²) in [4.78, 5) is 18.9. The third-order valence-corrected chi connectivity index (χ3v) is 5.22. The van der Waals surface area contributed by atoms with Crippen molar-refractivity contribution < 1.29 is 9.18 Å². The lowest BCUT2D eigenvalue weighted by molar-refractivity contribution is 0.0755. The van der Waals surface area contributed by atoms with Crippen molar-refractivity contribution in [2.24, 2.45) is 5.92 Å². The van der Waals surface area contributed by atoms with Crippen LogP contribution >= 0.6 is 11.3 Å². The first-order valence-electron chi connectivity index (χ1n) is 8.10. The summed E-state index contributed by atoms with van der Waals surface area (Å²) in [6.07, 6.45) is 3.72. The summed E-state index contributed by atoms with van der Waals surface area (Å²) in [6.45, 7) is 3.85. The average molecular weight is 332 g/mol. The van der Waals surface area contributed by atoms with Gasteiger partial charge in [0.25, 0.3) is 5.91 Å². The van der Waals surface area contributed by atoms with Gasteiger partial charge in [0, 0.05) is 24.9 Å². The minimum absolute atomic E-state index is 0.00938. The van der Waals surface area contributed by atoms with E-state index in [1.165, 1.54) is 23.8 Å². The number of likely N-dealkylation sites (tertiary alicyclic amines) is 1. The Morgan fingerprint density at radius 1 is 1.35 bits per heavy atom. The lowest BCUT2D eigenvalue weighted by Crippen LogP contribution is -2.32. The molecular formula is C18H21FN2OS. The van der Waals surface area contributed by atoms with Crippen molar-refractivity contribution in [3.8, 4) is 0 Å². The van der Waals surface area contributed by atoms with Crippen molar-refractivity contribution in [3.05, 3.63) is 51.7 Å². The van der Waals surface area contributed by atoms with Gasteiger partial charge in [-0.2, -0.15) is 0 Å². The Morgan fingerprint density at radius 3 is 3.00 bits per heavy atom. The third-order valence-electron chi connectivity index (χ3n) is 4.37. The van der Waals surface area contributed by atoms with E-state index >= 15 is 0 Å². The van der Waals surface area contributed by atoms with Crippen molar-refractivity contribution in [1.82, 2.24) is 9.88 Å². The van der Waals surface area contributed by atoms with Gasteiger partial charge < -0.3 is 4.90 Å². The van der Waals surface area contributed by atoms with E-state index in [4.69, 9.17) is 0 Å². The number of hydrogen-bond donors (Lipinski definition) is 0. The fourth-order valence-corrected chi connectivity index (χ4v) is 3.71. The normalized spacial score (nSPS) is 18.7. The molecule has 1 fully saturated rings. The molecule has 0 N–H and O–H groups in total. The number of carbonyl (C=O) groups excluding carboxylic acids is 1. The molecule has 2 heterocycles. The molecule has 1 aliphatic heterocycles. The second-order valence-electron chi connectivity index (χ2n) is 6.22. The SMILES string of the molecule is CC1CCCN(C(=O)c2csc(Cc3ccccc3F)n2)CC1. The summed E-state index contributed by atoms with van der Waals surface area (Å²) in [6, 6.07) is 6.70. The van der Waals surface area contributed by atoms with Gasteiger partial charge in [-0.05, 0) is 36.8 Å². The van der Waals surface area contributed by atoms with Crippen molar-refractivity contribution >= 4 is 17.2 Å². The van der Waals surface area contributed by atoms with Crippen LogP contribution in [-0.4, -0.2) is 28.9 Å². The van der Waals surface area contributed by atoms with Crippen LogP contribution in [0, 0.1) is 11.7 Å².